The number of methoxy groups -OCH3 is 1. The van der Waals surface area contributed by atoms with Crippen LogP contribution in [0.5, 0.6) is 5.75 Å². The molecule has 0 aliphatic rings. The first-order chi connectivity index (χ1) is 9.58. The number of nitrogens with two attached hydrogens (primary N) is 1. The van der Waals surface area contributed by atoms with E-state index in [1.165, 1.54) is 5.56 Å². The lowest BCUT2D eigenvalue weighted by atomic mass is 10.1. The molecule has 0 aromatic heterocycles. The van der Waals surface area contributed by atoms with E-state index >= 15 is 0 Å². The van der Waals surface area contributed by atoms with Crippen molar-refractivity contribution in [1.29, 1.82) is 0 Å². The molecule has 0 unspecified atom stereocenters. The van der Waals surface area contributed by atoms with Gasteiger partial charge < -0.3 is 15.4 Å². The van der Waals surface area contributed by atoms with Gasteiger partial charge in [0.2, 0.25) is 5.91 Å². The van der Waals surface area contributed by atoms with Crippen molar-refractivity contribution in [2.45, 2.75) is 39.2 Å². The van der Waals surface area contributed by atoms with Crippen molar-refractivity contribution in [3.05, 3.63) is 29.3 Å². The summed E-state index contributed by atoms with van der Waals surface area (Å²) in [6.07, 6.45) is 3.50. The lowest BCUT2D eigenvalue weighted by molar-refractivity contribution is -0.130. The third-order valence-corrected chi connectivity index (χ3v) is 3.36. The molecule has 1 aromatic carbocycles. The highest BCUT2D eigenvalue weighted by Crippen LogP contribution is 2.21. The third-order valence-electron chi connectivity index (χ3n) is 3.36. The maximum absolute atomic E-state index is 12.0. The summed E-state index contributed by atoms with van der Waals surface area (Å²) < 4.78 is 5.34. The number of carbonyl (C=O) groups excluding carboxylic acids is 1. The van der Waals surface area contributed by atoms with E-state index in [9.17, 15) is 4.79 Å². The van der Waals surface area contributed by atoms with Gasteiger partial charge in [0, 0.05) is 25.6 Å². The van der Waals surface area contributed by atoms with Crippen molar-refractivity contribution in [1.82, 2.24) is 4.90 Å². The molecule has 20 heavy (non-hydrogen) atoms. The normalized spacial score (nSPS) is 10.4. The van der Waals surface area contributed by atoms with Crippen LogP contribution in [0.25, 0.3) is 0 Å². The quantitative estimate of drug-likeness (QED) is 0.743. The molecule has 1 amide bonds. The summed E-state index contributed by atoms with van der Waals surface area (Å²) in [6, 6.07) is 6.03. The zero-order valence-corrected chi connectivity index (χ0v) is 12.8. The highest BCUT2D eigenvalue weighted by Gasteiger charge is 2.11. The van der Waals surface area contributed by atoms with Crippen LogP contribution in [0.3, 0.4) is 0 Å². The predicted molar refractivity (Wildman–Crippen MR) is 81.7 cm³/mol. The summed E-state index contributed by atoms with van der Waals surface area (Å²) in [4.78, 5) is 13.8. The van der Waals surface area contributed by atoms with Crippen LogP contribution in [0.2, 0.25) is 0 Å². The number of carbonyl (C=O) groups is 1. The molecule has 0 bridgehead atoms. The number of rotatable bonds is 8. The van der Waals surface area contributed by atoms with Crippen LogP contribution in [0.1, 0.15) is 36.8 Å². The van der Waals surface area contributed by atoms with Crippen LogP contribution in [-0.2, 0) is 11.3 Å². The van der Waals surface area contributed by atoms with E-state index in [1.54, 1.807) is 12.0 Å². The van der Waals surface area contributed by atoms with Crippen molar-refractivity contribution in [2.75, 3.05) is 20.7 Å². The average Bonchev–Trinajstić information content (AvgIpc) is 2.43. The van der Waals surface area contributed by atoms with E-state index in [0.717, 1.165) is 30.6 Å². The molecular formula is C16H26N2O2. The van der Waals surface area contributed by atoms with Crippen molar-refractivity contribution >= 4 is 5.91 Å². The number of unbranched alkanes of at least 4 members (excludes halogenated alkanes) is 2. The van der Waals surface area contributed by atoms with Gasteiger partial charge in [-0.3, -0.25) is 4.79 Å². The molecule has 4 heteroatoms. The fourth-order valence-corrected chi connectivity index (χ4v) is 2.16. The van der Waals surface area contributed by atoms with Crippen LogP contribution in [0.4, 0.5) is 0 Å². The second-order valence-electron chi connectivity index (χ2n) is 5.16. The highest BCUT2D eigenvalue weighted by atomic mass is 16.5. The maximum Gasteiger partial charge on any atom is 0.222 e. The topological polar surface area (TPSA) is 55.6 Å². The van der Waals surface area contributed by atoms with Gasteiger partial charge in [0.15, 0.2) is 0 Å². The fraction of sp³-hybridized carbons (Fsp3) is 0.562. The Labute approximate surface area is 121 Å². The number of ether oxygens (including phenoxy) is 1. The van der Waals surface area contributed by atoms with Crippen LogP contribution in [0.15, 0.2) is 18.2 Å². The molecule has 4 nitrogen and oxygen atoms in total. The summed E-state index contributed by atoms with van der Waals surface area (Å²) in [5.41, 5.74) is 7.66. The molecule has 112 valence electrons. The summed E-state index contributed by atoms with van der Waals surface area (Å²) in [6.45, 7) is 3.32. The molecule has 0 fully saturated rings. The largest absolute Gasteiger partial charge is 0.496 e. The molecule has 0 radical (unpaired) electrons. The molecule has 2 N–H and O–H groups in total. The molecule has 0 saturated heterocycles. The van der Waals surface area contributed by atoms with E-state index in [0.29, 0.717) is 19.5 Å². The second-order valence-corrected chi connectivity index (χ2v) is 5.16. The number of amides is 1. The number of hydrogen-bond donors (Lipinski definition) is 1. The Hall–Kier alpha value is -1.55. The number of benzene rings is 1. The standard InChI is InChI=1S/C16H26N2O2/c1-13-8-9-15(20-3)14(11-13)12-18(2)16(19)7-5-4-6-10-17/h8-9,11H,4-7,10,12,17H2,1-3H3. The van der Waals surface area contributed by atoms with Crippen LogP contribution >= 0.6 is 0 Å². The smallest absolute Gasteiger partial charge is 0.222 e. The van der Waals surface area contributed by atoms with Crippen LogP contribution in [0, 0.1) is 6.92 Å². The van der Waals surface area contributed by atoms with E-state index in [2.05, 4.69) is 6.07 Å². The second kappa shape index (κ2) is 8.59. The van der Waals surface area contributed by atoms with Crippen molar-refractivity contribution in [3.8, 4) is 5.75 Å². The van der Waals surface area contributed by atoms with Gasteiger partial charge in [-0.1, -0.05) is 24.1 Å². The Balaban J connectivity index is 2.54. The molecule has 1 rings (SSSR count). The van der Waals surface area contributed by atoms with Crippen LogP contribution < -0.4 is 10.5 Å². The molecule has 0 aliphatic heterocycles. The molecule has 0 saturated carbocycles. The number of aryl methyl sites for hydroxylation is 1. The zero-order chi connectivity index (χ0) is 15.0. The van der Waals surface area contributed by atoms with E-state index in [-0.39, 0.29) is 5.91 Å². The van der Waals surface area contributed by atoms with Gasteiger partial charge in [0.05, 0.1) is 7.11 Å². The van der Waals surface area contributed by atoms with Crippen molar-refractivity contribution in [3.63, 3.8) is 0 Å². The van der Waals surface area contributed by atoms with Gasteiger partial charge in [-0.25, -0.2) is 0 Å². The van der Waals surface area contributed by atoms with Gasteiger partial charge in [-0.2, -0.15) is 0 Å². The summed E-state index contributed by atoms with van der Waals surface area (Å²) in [5, 5.41) is 0. The van der Waals surface area contributed by atoms with Crippen molar-refractivity contribution in [2.24, 2.45) is 5.73 Å². The van der Waals surface area contributed by atoms with Crippen LogP contribution in [-0.4, -0.2) is 31.5 Å². The Morgan fingerprint density at radius 2 is 2.05 bits per heavy atom. The third kappa shape index (κ3) is 5.21. The minimum atomic E-state index is 0.172. The minimum absolute atomic E-state index is 0.172. The minimum Gasteiger partial charge on any atom is -0.496 e. The first-order valence-electron chi connectivity index (χ1n) is 7.16. The Morgan fingerprint density at radius 1 is 1.30 bits per heavy atom. The van der Waals surface area contributed by atoms with Gasteiger partial charge in [-0.15, -0.1) is 0 Å². The van der Waals surface area contributed by atoms with Gasteiger partial charge in [0.1, 0.15) is 5.75 Å². The Bertz CT molecular complexity index is 432. The summed E-state index contributed by atoms with van der Waals surface area (Å²) in [5.74, 6) is 1.00. The molecular weight excluding hydrogens is 252 g/mol. The first kappa shape index (κ1) is 16.5. The van der Waals surface area contributed by atoms with E-state index in [4.69, 9.17) is 10.5 Å². The fourth-order valence-electron chi connectivity index (χ4n) is 2.16. The van der Waals surface area contributed by atoms with E-state index < -0.39 is 0 Å². The monoisotopic (exact) mass is 278 g/mol. The van der Waals surface area contributed by atoms with Gasteiger partial charge in [-0.05, 0) is 32.4 Å². The molecule has 1 aromatic rings. The molecule has 0 atom stereocenters. The molecule has 0 aliphatic carbocycles. The van der Waals surface area contributed by atoms with Gasteiger partial charge in [0.25, 0.3) is 0 Å². The average molecular weight is 278 g/mol. The van der Waals surface area contributed by atoms with Gasteiger partial charge >= 0.3 is 0 Å². The first-order valence-corrected chi connectivity index (χ1v) is 7.16. The van der Waals surface area contributed by atoms with Crippen molar-refractivity contribution < 1.29 is 9.53 Å². The zero-order valence-electron chi connectivity index (χ0n) is 12.8. The SMILES string of the molecule is COc1ccc(C)cc1CN(C)C(=O)CCCCCN. The van der Waals surface area contributed by atoms with E-state index in [1.807, 2.05) is 26.1 Å². The summed E-state index contributed by atoms with van der Waals surface area (Å²) >= 11 is 0. The lowest BCUT2D eigenvalue weighted by Gasteiger charge is -2.19. The predicted octanol–water partition coefficient (Wildman–Crippen LogP) is 2.48. The summed E-state index contributed by atoms with van der Waals surface area (Å²) in [7, 11) is 3.50. The molecule has 0 heterocycles. The lowest BCUT2D eigenvalue weighted by Crippen LogP contribution is -2.26. The maximum atomic E-state index is 12.0. The molecule has 0 spiro atoms. The Morgan fingerprint density at radius 3 is 2.70 bits per heavy atom. The number of hydrogen-bond acceptors (Lipinski definition) is 3. The number of nitrogens with zero attached hydrogens (tertiary/aromatic N) is 1. The Kier molecular flexibility index (Phi) is 7.09. The highest BCUT2D eigenvalue weighted by molar-refractivity contribution is 5.75.